The van der Waals surface area contributed by atoms with Crippen LogP contribution in [-0.2, 0) is 9.47 Å². The zero-order valence-corrected chi connectivity index (χ0v) is 18.0. The Morgan fingerprint density at radius 2 is 1.72 bits per heavy atom. The molecule has 0 radical (unpaired) electrons. The molecule has 150 valence electrons. The Hall–Kier alpha value is -0.120. The Bertz CT molecular complexity index is 372. The lowest BCUT2D eigenvalue weighted by molar-refractivity contribution is -0.121. The third-order valence-electron chi connectivity index (χ3n) is 7.30. The van der Waals surface area contributed by atoms with Gasteiger partial charge in [0.1, 0.15) is 0 Å². The molecule has 1 saturated heterocycles. The van der Waals surface area contributed by atoms with Crippen LogP contribution < -0.4 is 0 Å². The van der Waals surface area contributed by atoms with Gasteiger partial charge in [-0.25, -0.2) is 0 Å². The summed E-state index contributed by atoms with van der Waals surface area (Å²) in [6.07, 6.45) is 4.37. The summed E-state index contributed by atoms with van der Waals surface area (Å²) >= 11 is 0. The van der Waals surface area contributed by atoms with Crippen LogP contribution in [0.4, 0.5) is 0 Å². The van der Waals surface area contributed by atoms with Gasteiger partial charge in [-0.15, -0.1) is 0 Å². The highest BCUT2D eigenvalue weighted by Crippen LogP contribution is 2.43. The molecule has 1 rings (SSSR count). The second-order valence-corrected chi connectivity index (χ2v) is 8.70. The molecule has 0 aromatic rings. The van der Waals surface area contributed by atoms with Crippen LogP contribution in [0.2, 0.25) is 0 Å². The van der Waals surface area contributed by atoms with E-state index in [2.05, 4.69) is 55.4 Å². The van der Waals surface area contributed by atoms with Gasteiger partial charge in [0.2, 0.25) is 0 Å². The van der Waals surface area contributed by atoms with E-state index in [9.17, 15) is 5.11 Å². The third-order valence-corrected chi connectivity index (χ3v) is 7.30. The van der Waals surface area contributed by atoms with Crippen molar-refractivity contribution in [1.29, 1.82) is 0 Å². The van der Waals surface area contributed by atoms with Gasteiger partial charge in [-0.1, -0.05) is 68.2 Å². The molecule has 2 unspecified atom stereocenters. The molecule has 0 aromatic carbocycles. The first-order valence-corrected chi connectivity index (χ1v) is 10.7. The van der Waals surface area contributed by atoms with E-state index in [1.807, 2.05) is 0 Å². The van der Waals surface area contributed by atoms with Crippen LogP contribution in [0.1, 0.15) is 81.1 Å². The molecule has 0 aromatic heterocycles. The van der Waals surface area contributed by atoms with Gasteiger partial charge in [0.05, 0.1) is 31.0 Å². The van der Waals surface area contributed by atoms with E-state index in [0.717, 1.165) is 12.8 Å². The molecule has 8 atom stereocenters. The number of hydrogen-bond donors (Lipinski definition) is 1. The fraction of sp³-hybridized carbons (Fsp3) is 1.00. The maximum atomic E-state index is 10.6. The van der Waals surface area contributed by atoms with Crippen molar-refractivity contribution in [2.75, 3.05) is 13.2 Å². The first kappa shape index (κ1) is 22.9. The van der Waals surface area contributed by atoms with Crippen molar-refractivity contribution in [3.05, 3.63) is 0 Å². The Morgan fingerprint density at radius 3 is 2.20 bits per heavy atom. The maximum absolute atomic E-state index is 10.6. The summed E-state index contributed by atoms with van der Waals surface area (Å²) in [7, 11) is 0. The van der Waals surface area contributed by atoms with Crippen molar-refractivity contribution in [2.24, 2.45) is 29.6 Å². The molecule has 3 heteroatoms. The van der Waals surface area contributed by atoms with Crippen LogP contribution >= 0.6 is 0 Å². The molecule has 1 fully saturated rings. The van der Waals surface area contributed by atoms with Gasteiger partial charge < -0.3 is 14.6 Å². The highest BCUT2D eigenvalue weighted by molar-refractivity contribution is 4.97. The van der Waals surface area contributed by atoms with Crippen molar-refractivity contribution in [3.63, 3.8) is 0 Å². The van der Waals surface area contributed by atoms with E-state index in [-0.39, 0.29) is 11.5 Å². The Kier molecular flexibility index (Phi) is 9.42. The first-order valence-electron chi connectivity index (χ1n) is 10.7. The molecule has 1 heterocycles. The Morgan fingerprint density at radius 1 is 1.08 bits per heavy atom. The van der Waals surface area contributed by atoms with Crippen LogP contribution in [0, 0.1) is 29.6 Å². The average Bonchev–Trinajstić information content (AvgIpc) is 2.85. The van der Waals surface area contributed by atoms with Crippen molar-refractivity contribution < 1.29 is 14.6 Å². The average molecular weight is 357 g/mol. The molecule has 1 aliphatic heterocycles. The van der Waals surface area contributed by atoms with Gasteiger partial charge in [0, 0.05) is 0 Å². The summed E-state index contributed by atoms with van der Waals surface area (Å²) in [6.45, 7) is 18.9. The summed E-state index contributed by atoms with van der Waals surface area (Å²) in [5, 5.41) is 10.6. The molecule has 1 aliphatic rings. The molecule has 0 bridgehead atoms. The van der Waals surface area contributed by atoms with Crippen molar-refractivity contribution in [2.45, 2.75) is 98.9 Å². The van der Waals surface area contributed by atoms with Crippen LogP contribution in [0.15, 0.2) is 0 Å². The smallest absolute Gasteiger partial charge is 0.0944 e. The normalized spacial score (nSPS) is 34.7. The van der Waals surface area contributed by atoms with Gasteiger partial charge in [0.15, 0.2) is 0 Å². The van der Waals surface area contributed by atoms with Gasteiger partial charge in [-0.2, -0.15) is 0 Å². The SMILES string of the molecule is CCC[C@H](C)[C@H](C)C(C)[C@@H](O)COC[C@]1(CC)O[C@@H](CC)[C@@H](C)C1C. The molecular weight excluding hydrogens is 312 g/mol. The Balaban J connectivity index is 2.54. The van der Waals surface area contributed by atoms with Crippen molar-refractivity contribution in [1.82, 2.24) is 0 Å². The summed E-state index contributed by atoms with van der Waals surface area (Å²) in [5.41, 5.74) is -0.190. The fourth-order valence-corrected chi connectivity index (χ4v) is 4.54. The largest absolute Gasteiger partial charge is 0.390 e. The third kappa shape index (κ3) is 5.43. The second-order valence-electron chi connectivity index (χ2n) is 8.70. The highest BCUT2D eigenvalue weighted by atomic mass is 16.6. The number of aliphatic hydroxyl groups is 1. The van der Waals surface area contributed by atoms with Crippen LogP contribution in [0.5, 0.6) is 0 Å². The lowest BCUT2D eigenvalue weighted by Gasteiger charge is -2.34. The maximum Gasteiger partial charge on any atom is 0.0944 e. The number of hydrogen-bond acceptors (Lipinski definition) is 3. The number of aliphatic hydroxyl groups excluding tert-OH is 1. The number of ether oxygens (including phenoxy) is 2. The quantitative estimate of drug-likeness (QED) is 0.546. The molecule has 0 amide bonds. The minimum atomic E-state index is -0.403. The first-order chi connectivity index (χ1) is 11.7. The van der Waals surface area contributed by atoms with Crippen LogP contribution in [0.25, 0.3) is 0 Å². The zero-order chi connectivity index (χ0) is 19.2. The second kappa shape index (κ2) is 10.3. The van der Waals surface area contributed by atoms with E-state index in [1.165, 1.54) is 12.8 Å². The summed E-state index contributed by atoms with van der Waals surface area (Å²) in [6, 6.07) is 0. The lowest BCUT2D eigenvalue weighted by Crippen LogP contribution is -2.41. The van der Waals surface area contributed by atoms with Crippen LogP contribution in [0.3, 0.4) is 0 Å². The summed E-state index contributed by atoms with van der Waals surface area (Å²) < 4.78 is 12.4. The predicted octanol–water partition coefficient (Wildman–Crippen LogP) is 5.30. The highest BCUT2D eigenvalue weighted by Gasteiger charge is 2.49. The van der Waals surface area contributed by atoms with E-state index < -0.39 is 6.10 Å². The molecule has 3 nitrogen and oxygen atoms in total. The minimum absolute atomic E-state index is 0.190. The lowest BCUT2D eigenvalue weighted by atomic mass is 9.79. The monoisotopic (exact) mass is 356 g/mol. The molecule has 0 aliphatic carbocycles. The molecule has 0 spiro atoms. The van der Waals surface area contributed by atoms with Crippen molar-refractivity contribution >= 4 is 0 Å². The Labute approximate surface area is 156 Å². The molecular formula is C22H44O3. The zero-order valence-electron chi connectivity index (χ0n) is 18.0. The van der Waals surface area contributed by atoms with Gasteiger partial charge in [-0.05, 0) is 42.4 Å². The molecule has 1 N–H and O–H groups in total. The van der Waals surface area contributed by atoms with Gasteiger partial charge in [0.25, 0.3) is 0 Å². The molecule has 25 heavy (non-hydrogen) atoms. The van der Waals surface area contributed by atoms with E-state index in [1.54, 1.807) is 0 Å². The van der Waals surface area contributed by atoms with E-state index >= 15 is 0 Å². The summed E-state index contributed by atoms with van der Waals surface area (Å²) in [5.74, 6) is 2.45. The van der Waals surface area contributed by atoms with Crippen molar-refractivity contribution in [3.8, 4) is 0 Å². The fourth-order valence-electron chi connectivity index (χ4n) is 4.54. The predicted molar refractivity (Wildman–Crippen MR) is 106 cm³/mol. The minimum Gasteiger partial charge on any atom is -0.390 e. The van der Waals surface area contributed by atoms with Gasteiger partial charge >= 0.3 is 0 Å². The van der Waals surface area contributed by atoms with Gasteiger partial charge in [-0.3, -0.25) is 0 Å². The molecule has 0 saturated carbocycles. The van der Waals surface area contributed by atoms with Crippen LogP contribution in [-0.4, -0.2) is 36.1 Å². The summed E-state index contributed by atoms with van der Waals surface area (Å²) in [4.78, 5) is 0. The standard InChI is InChI=1S/C22H44O3/c1-9-12-15(4)16(5)17(6)20(23)13-24-14-22(11-3)19(8)18(7)21(10-2)25-22/h15-21,23H,9-14H2,1-8H3/t15-,16-,17?,18-,19?,20-,21-,22-/m0/s1. The van der Waals surface area contributed by atoms with E-state index in [4.69, 9.17) is 9.47 Å². The number of rotatable bonds is 11. The topological polar surface area (TPSA) is 38.7 Å². The van der Waals surface area contributed by atoms with E-state index in [0.29, 0.717) is 43.0 Å².